The van der Waals surface area contributed by atoms with Crippen molar-refractivity contribution in [1.82, 2.24) is 5.32 Å². The highest BCUT2D eigenvalue weighted by Crippen LogP contribution is 2.30. The number of aliphatic hydroxyl groups is 1. The first kappa shape index (κ1) is 14.2. The minimum Gasteiger partial charge on any atom is -0.493 e. The fourth-order valence-electron chi connectivity index (χ4n) is 2.38. The lowest BCUT2D eigenvalue weighted by Crippen LogP contribution is -2.37. The molecule has 0 aromatic heterocycles. The molecule has 4 nitrogen and oxygen atoms in total. The van der Waals surface area contributed by atoms with Crippen molar-refractivity contribution in [2.75, 3.05) is 20.2 Å². The maximum absolute atomic E-state index is 9.46. The average Bonchev–Trinajstić information content (AvgIpc) is 2.39. The van der Waals surface area contributed by atoms with Gasteiger partial charge in [0.25, 0.3) is 0 Å². The molecular weight excluding hydrogens is 242 g/mol. The zero-order valence-corrected chi connectivity index (χ0v) is 11.7. The van der Waals surface area contributed by atoms with E-state index in [2.05, 4.69) is 5.32 Å². The second-order valence-corrected chi connectivity index (χ2v) is 5.12. The third-order valence-electron chi connectivity index (χ3n) is 3.30. The SMILES string of the molecule is COc1ccc(CC(C)O)cc1OC1CCCNC1. The maximum Gasteiger partial charge on any atom is 0.161 e. The summed E-state index contributed by atoms with van der Waals surface area (Å²) in [6.07, 6.45) is 2.68. The van der Waals surface area contributed by atoms with Crippen LogP contribution < -0.4 is 14.8 Å². The van der Waals surface area contributed by atoms with E-state index in [4.69, 9.17) is 9.47 Å². The van der Waals surface area contributed by atoms with Crippen LogP contribution in [-0.4, -0.2) is 37.5 Å². The highest BCUT2D eigenvalue weighted by Gasteiger charge is 2.17. The summed E-state index contributed by atoms with van der Waals surface area (Å²) in [6, 6.07) is 5.85. The minimum absolute atomic E-state index is 0.199. The Morgan fingerprint density at radius 2 is 2.26 bits per heavy atom. The summed E-state index contributed by atoms with van der Waals surface area (Å²) in [5, 5.41) is 12.8. The Morgan fingerprint density at radius 1 is 1.42 bits per heavy atom. The van der Waals surface area contributed by atoms with E-state index >= 15 is 0 Å². The molecule has 0 bridgehead atoms. The Labute approximate surface area is 114 Å². The van der Waals surface area contributed by atoms with E-state index < -0.39 is 0 Å². The quantitative estimate of drug-likeness (QED) is 0.851. The van der Waals surface area contributed by atoms with Crippen molar-refractivity contribution in [1.29, 1.82) is 0 Å². The molecule has 1 aromatic rings. The Hall–Kier alpha value is -1.26. The standard InChI is InChI=1S/C15H23NO3/c1-11(17)8-12-5-6-14(18-2)15(9-12)19-13-4-3-7-16-10-13/h5-6,9,11,13,16-17H,3-4,7-8,10H2,1-2H3. The number of hydrogen-bond donors (Lipinski definition) is 2. The number of piperidine rings is 1. The van der Waals surface area contributed by atoms with Crippen LogP contribution in [0, 0.1) is 0 Å². The van der Waals surface area contributed by atoms with Crippen molar-refractivity contribution in [3.63, 3.8) is 0 Å². The summed E-state index contributed by atoms with van der Waals surface area (Å²) < 4.78 is 11.4. The largest absolute Gasteiger partial charge is 0.493 e. The topological polar surface area (TPSA) is 50.7 Å². The monoisotopic (exact) mass is 265 g/mol. The summed E-state index contributed by atoms with van der Waals surface area (Å²) in [4.78, 5) is 0. The Bertz CT molecular complexity index is 400. The first-order chi connectivity index (χ1) is 9.19. The summed E-state index contributed by atoms with van der Waals surface area (Å²) in [7, 11) is 1.65. The predicted octanol–water partition coefficient (Wildman–Crippen LogP) is 1.75. The van der Waals surface area contributed by atoms with Crippen LogP contribution in [-0.2, 0) is 6.42 Å². The number of nitrogens with one attached hydrogen (secondary N) is 1. The van der Waals surface area contributed by atoms with E-state index in [0.717, 1.165) is 43.0 Å². The molecule has 0 aliphatic carbocycles. The molecule has 4 heteroatoms. The molecule has 1 aliphatic heterocycles. The highest BCUT2D eigenvalue weighted by atomic mass is 16.5. The van der Waals surface area contributed by atoms with Crippen LogP contribution in [0.1, 0.15) is 25.3 Å². The third kappa shape index (κ3) is 4.11. The second-order valence-electron chi connectivity index (χ2n) is 5.12. The molecule has 0 amide bonds. The van der Waals surface area contributed by atoms with Gasteiger partial charge in [0.2, 0.25) is 0 Å². The Balaban J connectivity index is 2.10. The van der Waals surface area contributed by atoms with Crippen molar-refractivity contribution in [3.05, 3.63) is 23.8 Å². The van der Waals surface area contributed by atoms with Gasteiger partial charge in [-0.1, -0.05) is 6.07 Å². The molecule has 2 unspecified atom stereocenters. The molecule has 2 atom stereocenters. The summed E-state index contributed by atoms with van der Waals surface area (Å²) in [6.45, 7) is 3.73. The summed E-state index contributed by atoms with van der Waals surface area (Å²) in [5.41, 5.74) is 1.06. The van der Waals surface area contributed by atoms with E-state index in [0.29, 0.717) is 6.42 Å². The van der Waals surface area contributed by atoms with Crippen molar-refractivity contribution in [2.45, 2.75) is 38.4 Å². The summed E-state index contributed by atoms with van der Waals surface area (Å²) in [5.74, 6) is 1.52. The van der Waals surface area contributed by atoms with Gasteiger partial charge in [-0.25, -0.2) is 0 Å². The lowest BCUT2D eigenvalue weighted by atomic mass is 10.1. The molecule has 0 radical (unpaired) electrons. The van der Waals surface area contributed by atoms with Gasteiger partial charge in [0, 0.05) is 6.54 Å². The molecule has 2 N–H and O–H groups in total. The van der Waals surface area contributed by atoms with Crippen molar-refractivity contribution in [2.24, 2.45) is 0 Å². The molecule has 1 fully saturated rings. The Kier molecular flexibility index (Phi) is 5.05. The molecule has 0 spiro atoms. The molecule has 2 rings (SSSR count). The molecule has 1 saturated heterocycles. The zero-order valence-electron chi connectivity index (χ0n) is 11.7. The van der Waals surface area contributed by atoms with Crippen molar-refractivity contribution >= 4 is 0 Å². The van der Waals surface area contributed by atoms with Gasteiger partial charge in [-0.05, 0) is 50.4 Å². The average molecular weight is 265 g/mol. The van der Waals surface area contributed by atoms with Gasteiger partial charge < -0.3 is 19.9 Å². The zero-order chi connectivity index (χ0) is 13.7. The molecule has 19 heavy (non-hydrogen) atoms. The van der Waals surface area contributed by atoms with E-state index in [1.54, 1.807) is 14.0 Å². The van der Waals surface area contributed by atoms with Gasteiger partial charge in [0.05, 0.1) is 13.2 Å². The number of rotatable bonds is 5. The van der Waals surface area contributed by atoms with E-state index in [-0.39, 0.29) is 12.2 Å². The lowest BCUT2D eigenvalue weighted by Gasteiger charge is -2.25. The normalized spacial score (nSPS) is 20.9. The van der Waals surface area contributed by atoms with Crippen LogP contribution in [0.3, 0.4) is 0 Å². The van der Waals surface area contributed by atoms with Crippen LogP contribution in [0.4, 0.5) is 0 Å². The van der Waals surface area contributed by atoms with Crippen LogP contribution in [0.15, 0.2) is 18.2 Å². The predicted molar refractivity (Wildman–Crippen MR) is 74.9 cm³/mol. The van der Waals surface area contributed by atoms with Crippen LogP contribution >= 0.6 is 0 Å². The molecule has 0 saturated carbocycles. The second kappa shape index (κ2) is 6.78. The number of benzene rings is 1. The van der Waals surface area contributed by atoms with Crippen LogP contribution in [0.25, 0.3) is 0 Å². The summed E-state index contributed by atoms with van der Waals surface area (Å²) >= 11 is 0. The van der Waals surface area contributed by atoms with Gasteiger partial charge in [0.15, 0.2) is 11.5 Å². The number of aliphatic hydroxyl groups excluding tert-OH is 1. The number of hydrogen-bond acceptors (Lipinski definition) is 4. The molecule has 1 aromatic carbocycles. The van der Waals surface area contributed by atoms with Crippen LogP contribution in [0.5, 0.6) is 11.5 Å². The third-order valence-corrected chi connectivity index (χ3v) is 3.30. The first-order valence-electron chi connectivity index (χ1n) is 6.91. The van der Waals surface area contributed by atoms with Gasteiger partial charge in [-0.2, -0.15) is 0 Å². The van der Waals surface area contributed by atoms with Gasteiger partial charge in [-0.15, -0.1) is 0 Å². The van der Waals surface area contributed by atoms with E-state index in [1.165, 1.54) is 0 Å². The van der Waals surface area contributed by atoms with Crippen LogP contribution in [0.2, 0.25) is 0 Å². The van der Waals surface area contributed by atoms with Gasteiger partial charge >= 0.3 is 0 Å². The maximum atomic E-state index is 9.46. The van der Waals surface area contributed by atoms with Crippen molar-refractivity contribution < 1.29 is 14.6 Å². The first-order valence-corrected chi connectivity index (χ1v) is 6.91. The number of methoxy groups -OCH3 is 1. The highest BCUT2D eigenvalue weighted by molar-refractivity contribution is 5.43. The van der Waals surface area contributed by atoms with E-state index in [1.807, 2.05) is 18.2 Å². The van der Waals surface area contributed by atoms with Gasteiger partial charge in [0.1, 0.15) is 6.10 Å². The molecule has 1 aliphatic rings. The lowest BCUT2D eigenvalue weighted by molar-refractivity contribution is 0.160. The fourth-order valence-corrected chi connectivity index (χ4v) is 2.38. The molecule has 106 valence electrons. The molecule has 1 heterocycles. The smallest absolute Gasteiger partial charge is 0.161 e. The Morgan fingerprint density at radius 3 is 2.89 bits per heavy atom. The number of ether oxygens (including phenoxy) is 2. The fraction of sp³-hybridized carbons (Fsp3) is 0.600. The molecular formula is C15H23NO3. The van der Waals surface area contributed by atoms with E-state index in [9.17, 15) is 5.11 Å². The minimum atomic E-state index is -0.349. The van der Waals surface area contributed by atoms with Crippen molar-refractivity contribution in [3.8, 4) is 11.5 Å². The van der Waals surface area contributed by atoms with Gasteiger partial charge in [-0.3, -0.25) is 0 Å².